The molecule has 0 saturated heterocycles. The molecule has 26 heavy (non-hydrogen) atoms. The molecule has 3 rings (SSSR count). The summed E-state index contributed by atoms with van der Waals surface area (Å²) < 4.78 is 0. The molecule has 6 unspecified atom stereocenters. The Bertz CT molecular complexity index is 387. The summed E-state index contributed by atoms with van der Waals surface area (Å²) in [6, 6.07) is 0. The van der Waals surface area contributed by atoms with E-state index in [2.05, 4.69) is 27.7 Å². The first-order valence-corrected chi connectivity index (χ1v) is 12.6. The second-order valence-electron chi connectivity index (χ2n) is 11.1. The maximum Gasteiger partial charge on any atom is -0.0334 e. The monoisotopic (exact) mass is 360 g/mol. The van der Waals surface area contributed by atoms with Crippen molar-refractivity contribution < 1.29 is 0 Å². The highest BCUT2D eigenvalue weighted by Gasteiger charge is 2.39. The van der Waals surface area contributed by atoms with E-state index in [0.29, 0.717) is 0 Å². The Morgan fingerprint density at radius 3 is 1.85 bits per heavy atom. The molecule has 0 nitrogen and oxygen atoms in total. The SMILES string of the molecule is CCC1CCC2CCCCCCCC(C3C(C)CC(C)CC3C)CC2C1. The average Bonchev–Trinajstić information content (AvgIpc) is 2.64. The molecule has 0 radical (unpaired) electrons. The van der Waals surface area contributed by atoms with Gasteiger partial charge >= 0.3 is 0 Å². The third kappa shape index (κ3) is 5.29. The van der Waals surface area contributed by atoms with Crippen LogP contribution in [0.15, 0.2) is 0 Å². The first-order valence-electron chi connectivity index (χ1n) is 12.6. The van der Waals surface area contributed by atoms with Gasteiger partial charge in [-0.3, -0.25) is 0 Å². The lowest BCUT2D eigenvalue weighted by Gasteiger charge is -2.45. The summed E-state index contributed by atoms with van der Waals surface area (Å²) >= 11 is 0. The maximum atomic E-state index is 2.61. The van der Waals surface area contributed by atoms with Crippen LogP contribution in [0, 0.1) is 47.3 Å². The lowest BCUT2D eigenvalue weighted by Crippen LogP contribution is -2.37. The van der Waals surface area contributed by atoms with Crippen LogP contribution in [-0.4, -0.2) is 0 Å². The van der Waals surface area contributed by atoms with Gasteiger partial charge in [0.1, 0.15) is 0 Å². The van der Waals surface area contributed by atoms with Gasteiger partial charge in [-0.15, -0.1) is 0 Å². The summed E-state index contributed by atoms with van der Waals surface area (Å²) in [4.78, 5) is 0. The van der Waals surface area contributed by atoms with E-state index < -0.39 is 0 Å². The summed E-state index contributed by atoms with van der Waals surface area (Å²) in [7, 11) is 0. The van der Waals surface area contributed by atoms with Gasteiger partial charge in [-0.1, -0.05) is 85.5 Å². The van der Waals surface area contributed by atoms with Crippen LogP contribution in [0.1, 0.15) is 118 Å². The molecule has 3 saturated carbocycles. The second-order valence-corrected chi connectivity index (χ2v) is 11.1. The Balaban J connectivity index is 1.74. The molecule has 152 valence electrons. The minimum atomic E-state index is 0.964. The van der Waals surface area contributed by atoms with E-state index in [4.69, 9.17) is 0 Å². The largest absolute Gasteiger partial charge is 0.0651 e. The highest BCUT2D eigenvalue weighted by molar-refractivity contribution is 4.89. The molecule has 0 N–H and O–H groups in total. The van der Waals surface area contributed by atoms with Gasteiger partial charge in [0.15, 0.2) is 0 Å². The molecule has 0 aromatic heterocycles. The van der Waals surface area contributed by atoms with E-state index in [1.165, 1.54) is 57.8 Å². The molecule has 3 fully saturated rings. The van der Waals surface area contributed by atoms with Crippen molar-refractivity contribution >= 4 is 0 Å². The third-order valence-electron chi connectivity index (χ3n) is 8.99. The van der Waals surface area contributed by atoms with Crippen molar-refractivity contribution in [2.24, 2.45) is 47.3 Å². The number of fused-ring (bicyclic) bond motifs is 1. The van der Waals surface area contributed by atoms with Gasteiger partial charge in [-0.05, 0) is 79.4 Å². The van der Waals surface area contributed by atoms with Crippen LogP contribution in [-0.2, 0) is 0 Å². The quantitative estimate of drug-likeness (QED) is 0.463. The molecule has 0 spiro atoms. The van der Waals surface area contributed by atoms with E-state index in [1.54, 1.807) is 32.1 Å². The predicted molar refractivity (Wildman–Crippen MR) is 115 cm³/mol. The smallest absolute Gasteiger partial charge is 0.0334 e. The first kappa shape index (κ1) is 20.7. The Hall–Kier alpha value is 0. The lowest BCUT2D eigenvalue weighted by molar-refractivity contribution is 0.0438. The fraction of sp³-hybridized carbons (Fsp3) is 1.00. The summed E-state index contributed by atoms with van der Waals surface area (Å²) in [6.45, 7) is 10.2. The second kappa shape index (κ2) is 9.97. The van der Waals surface area contributed by atoms with Crippen LogP contribution in [0.25, 0.3) is 0 Å². The summed E-state index contributed by atoms with van der Waals surface area (Å²) in [5, 5.41) is 0. The molecule has 3 aliphatic rings. The molecule has 6 atom stereocenters. The Kier molecular flexibility index (Phi) is 7.95. The molecule has 0 aromatic rings. The van der Waals surface area contributed by atoms with Crippen LogP contribution in [0.2, 0.25) is 0 Å². The summed E-state index contributed by atoms with van der Waals surface area (Å²) in [6.07, 6.45) is 21.4. The maximum absolute atomic E-state index is 2.61. The summed E-state index contributed by atoms with van der Waals surface area (Å²) in [5.74, 6) is 8.14. The van der Waals surface area contributed by atoms with Crippen LogP contribution in [0.5, 0.6) is 0 Å². The van der Waals surface area contributed by atoms with Gasteiger partial charge in [0, 0.05) is 0 Å². The Labute approximate surface area is 165 Å². The van der Waals surface area contributed by atoms with Gasteiger partial charge in [-0.25, -0.2) is 0 Å². The van der Waals surface area contributed by atoms with Crippen LogP contribution >= 0.6 is 0 Å². The van der Waals surface area contributed by atoms with Crippen molar-refractivity contribution in [2.45, 2.75) is 118 Å². The minimum Gasteiger partial charge on any atom is -0.0651 e. The molecule has 0 heteroatoms. The van der Waals surface area contributed by atoms with Crippen LogP contribution in [0.4, 0.5) is 0 Å². The fourth-order valence-corrected chi connectivity index (χ4v) is 7.83. The molecule has 3 aliphatic carbocycles. The topological polar surface area (TPSA) is 0 Å². The zero-order chi connectivity index (χ0) is 18.5. The highest BCUT2D eigenvalue weighted by atomic mass is 14.4. The van der Waals surface area contributed by atoms with Crippen molar-refractivity contribution in [2.75, 3.05) is 0 Å². The molecule has 0 amide bonds. The zero-order valence-corrected chi connectivity index (χ0v) is 18.5. The standard InChI is InChI=1S/C26H48/c1-5-22-13-14-23-11-9-7-6-8-10-12-24(18-25(23)17-22)26-20(3)15-19(2)16-21(26)4/h19-26H,5-18H2,1-4H3. The fourth-order valence-electron chi connectivity index (χ4n) is 7.83. The summed E-state index contributed by atoms with van der Waals surface area (Å²) in [5.41, 5.74) is 0. The molecular weight excluding hydrogens is 312 g/mol. The number of hydrogen-bond acceptors (Lipinski definition) is 0. The van der Waals surface area contributed by atoms with Crippen molar-refractivity contribution in [3.63, 3.8) is 0 Å². The van der Waals surface area contributed by atoms with Crippen molar-refractivity contribution in [3.05, 3.63) is 0 Å². The molecule has 0 bridgehead atoms. The van der Waals surface area contributed by atoms with Crippen LogP contribution < -0.4 is 0 Å². The molecule has 0 aliphatic heterocycles. The van der Waals surface area contributed by atoms with Gasteiger partial charge in [0.2, 0.25) is 0 Å². The Morgan fingerprint density at radius 1 is 0.577 bits per heavy atom. The normalized spacial score (nSPS) is 46.2. The van der Waals surface area contributed by atoms with Crippen molar-refractivity contribution in [3.8, 4) is 0 Å². The third-order valence-corrected chi connectivity index (χ3v) is 8.99. The predicted octanol–water partition coefficient (Wildman–Crippen LogP) is 8.50. The molecule has 0 heterocycles. The van der Waals surface area contributed by atoms with E-state index in [9.17, 15) is 0 Å². The molecular formula is C26H48. The minimum absolute atomic E-state index is 0.964. The average molecular weight is 361 g/mol. The van der Waals surface area contributed by atoms with Crippen LogP contribution in [0.3, 0.4) is 0 Å². The van der Waals surface area contributed by atoms with Gasteiger partial charge in [0.05, 0.1) is 0 Å². The zero-order valence-electron chi connectivity index (χ0n) is 18.5. The lowest BCUT2D eigenvalue weighted by atomic mass is 9.60. The highest BCUT2D eigenvalue weighted by Crippen LogP contribution is 2.49. The van der Waals surface area contributed by atoms with E-state index in [0.717, 1.165) is 47.3 Å². The first-order chi connectivity index (χ1) is 12.6. The van der Waals surface area contributed by atoms with Gasteiger partial charge in [0.25, 0.3) is 0 Å². The number of hydrogen-bond donors (Lipinski definition) is 0. The van der Waals surface area contributed by atoms with Gasteiger partial charge < -0.3 is 0 Å². The van der Waals surface area contributed by atoms with E-state index in [1.807, 2.05) is 0 Å². The van der Waals surface area contributed by atoms with E-state index >= 15 is 0 Å². The van der Waals surface area contributed by atoms with Crippen molar-refractivity contribution in [1.82, 2.24) is 0 Å². The van der Waals surface area contributed by atoms with Gasteiger partial charge in [-0.2, -0.15) is 0 Å². The molecule has 0 aromatic carbocycles. The number of rotatable bonds is 2. The Morgan fingerprint density at radius 2 is 1.19 bits per heavy atom. The van der Waals surface area contributed by atoms with E-state index in [-0.39, 0.29) is 0 Å². The van der Waals surface area contributed by atoms with Crippen molar-refractivity contribution in [1.29, 1.82) is 0 Å².